The molecule has 2 aliphatic rings. The number of aromatic nitrogens is 4. The summed E-state index contributed by atoms with van der Waals surface area (Å²) in [7, 11) is -4.70. The number of carbonyl (C=O) groups excluding carboxylic acids is 4. The summed E-state index contributed by atoms with van der Waals surface area (Å²) in [4.78, 5) is 64.5. The number of hydrogen-bond acceptors (Lipinski definition) is 12. The number of primary amides is 1. The molecule has 1 saturated heterocycles. The van der Waals surface area contributed by atoms with Crippen molar-refractivity contribution in [2.75, 3.05) is 35.5 Å². The number of nitrogens with zero attached hydrogens (tertiary/aromatic N) is 4. The number of benzene rings is 1. The fourth-order valence-electron chi connectivity index (χ4n) is 7.58. The predicted molar refractivity (Wildman–Crippen MR) is 244 cm³/mol. The fourth-order valence-corrected chi connectivity index (χ4v) is 9.44. The Morgan fingerprint density at radius 1 is 1.03 bits per heavy atom. The molecule has 7 N–H and O–H groups in total. The molecular formula is C44H53F3N10O7S2. The number of alkyl halides is 3. The van der Waals surface area contributed by atoms with E-state index in [1.165, 1.54) is 40.9 Å². The Morgan fingerprint density at radius 2 is 1.79 bits per heavy atom. The van der Waals surface area contributed by atoms with Gasteiger partial charge in [-0.2, -0.15) is 18.3 Å². The molecule has 4 aromatic rings. The highest BCUT2D eigenvalue weighted by molar-refractivity contribution is 7.92. The molecule has 354 valence electrons. The highest BCUT2D eigenvalue weighted by Crippen LogP contribution is 2.33. The maximum Gasteiger partial charge on any atom is 0.404 e. The zero-order chi connectivity index (χ0) is 47.8. The van der Waals surface area contributed by atoms with E-state index < -0.39 is 45.4 Å². The van der Waals surface area contributed by atoms with Crippen LogP contribution in [0.2, 0.25) is 0 Å². The number of thiazole rings is 1. The van der Waals surface area contributed by atoms with Gasteiger partial charge in [0, 0.05) is 48.7 Å². The minimum Gasteiger partial charge on any atom is -0.478 e. The molecule has 22 heteroatoms. The number of aromatic amines is 1. The molecule has 66 heavy (non-hydrogen) atoms. The van der Waals surface area contributed by atoms with Crippen molar-refractivity contribution >= 4 is 67.8 Å². The quantitative estimate of drug-likeness (QED) is 0.0564. The lowest BCUT2D eigenvalue weighted by molar-refractivity contribution is -0.143. The first-order valence-electron chi connectivity index (χ1n) is 21.3. The van der Waals surface area contributed by atoms with E-state index in [2.05, 4.69) is 48.3 Å². The molecule has 17 nitrogen and oxygen atoms in total. The highest BCUT2D eigenvalue weighted by atomic mass is 32.2. The molecule has 3 aromatic heterocycles. The first-order valence-corrected chi connectivity index (χ1v) is 23.8. The molecule has 2 atom stereocenters. The molecule has 0 saturated carbocycles. The van der Waals surface area contributed by atoms with Crippen molar-refractivity contribution in [1.82, 2.24) is 35.7 Å². The van der Waals surface area contributed by atoms with Gasteiger partial charge in [-0.1, -0.05) is 50.6 Å². The molecule has 0 bridgehead atoms. The third-order valence-electron chi connectivity index (χ3n) is 10.9. The second kappa shape index (κ2) is 20.9. The Labute approximate surface area is 384 Å². The van der Waals surface area contributed by atoms with Gasteiger partial charge in [0.2, 0.25) is 33.6 Å². The first-order chi connectivity index (χ1) is 31.2. The second-order valence-electron chi connectivity index (χ2n) is 17.1. The Kier molecular flexibility index (Phi) is 15.6. The predicted octanol–water partition coefficient (Wildman–Crippen LogP) is 6.37. The van der Waals surface area contributed by atoms with Crippen LogP contribution in [0.15, 0.2) is 65.8 Å². The number of pyridine rings is 1. The number of carbonyl (C=O) groups is 4. The van der Waals surface area contributed by atoms with Crippen LogP contribution in [0.1, 0.15) is 86.6 Å². The van der Waals surface area contributed by atoms with E-state index in [1.807, 2.05) is 37.9 Å². The number of allylic oxidation sites excluding steroid dienone is 3. The number of rotatable bonds is 19. The van der Waals surface area contributed by atoms with Crippen LogP contribution in [-0.2, 0) is 24.4 Å². The number of nitrogens with one attached hydrogen (secondary N) is 5. The van der Waals surface area contributed by atoms with Gasteiger partial charge in [0.1, 0.15) is 29.2 Å². The average Bonchev–Trinajstić information content (AvgIpc) is 4.01. The SMILES string of the molecule is Cc1ncsc1C1=CC=C(CNC(=O)[C@@H]2CCCN2C(=O)[C@@H](NC(=O)CCCCOc2cc(Nc3[nH]nc(-c4ccc(NS(=O)(=O)CC(F)(F)F)cc4)c3C(N)=O)ccn2)C(C)(C)C)CC1. The van der Waals surface area contributed by atoms with Gasteiger partial charge in [-0.05, 0) is 74.6 Å². The number of H-pyrrole nitrogens is 1. The molecule has 4 amide bonds. The van der Waals surface area contributed by atoms with Crippen LogP contribution in [0.4, 0.5) is 30.4 Å². The van der Waals surface area contributed by atoms with Crippen molar-refractivity contribution in [3.63, 3.8) is 0 Å². The topological polar surface area (TPSA) is 243 Å². The molecule has 4 heterocycles. The molecule has 0 radical (unpaired) electrons. The third kappa shape index (κ3) is 13.2. The fraction of sp³-hybridized carbons (Fsp3) is 0.432. The van der Waals surface area contributed by atoms with Crippen molar-refractivity contribution in [3.05, 3.63) is 82.0 Å². The molecule has 0 spiro atoms. The summed E-state index contributed by atoms with van der Waals surface area (Å²) in [6, 6.07) is 6.87. The number of anilines is 3. The zero-order valence-corrected chi connectivity index (χ0v) is 38.5. The van der Waals surface area contributed by atoms with Crippen LogP contribution >= 0.6 is 11.3 Å². The lowest BCUT2D eigenvalue weighted by atomic mass is 9.85. The van der Waals surface area contributed by atoms with E-state index in [0.29, 0.717) is 50.0 Å². The molecule has 1 aliphatic carbocycles. The number of nitrogens with two attached hydrogens (primary N) is 1. The minimum absolute atomic E-state index is 0.0440. The van der Waals surface area contributed by atoms with Crippen LogP contribution in [0.25, 0.3) is 16.8 Å². The van der Waals surface area contributed by atoms with Gasteiger partial charge in [-0.25, -0.2) is 18.4 Å². The Hall–Kier alpha value is -6.29. The maximum atomic E-state index is 14.0. The normalized spacial score (nSPS) is 15.9. The largest absolute Gasteiger partial charge is 0.478 e. The van der Waals surface area contributed by atoms with Gasteiger partial charge < -0.3 is 31.3 Å². The van der Waals surface area contributed by atoms with Crippen molar-refractivity contribution in [2.45, 2.75) is 90.9 Å². The summed E-state index contributed by atoms with van der Waals surface area (Å²) in [5, 5.41) is 15.9. The summed E-state index contributed by atoms with van der Waals surface area (Å²) in [5.74, 6) is -3.35. The standard InChI is InChI=1S/C44H53F3N10O7S2/c1-26-37(65-25-51-26)29-12-10-27(11-13-29)23-50-41(60)32-8-7-20-57(32)42(61)38(43(2,3)4)53-33(58)9-5-6-21-64-34-22-31(18-19-49-34)52-40-35(39(48)59)36(54-55-40)28-14-16-30(17-15-28)56-66(62,63)24-44(45,46)47/h10,12,14-19,22,25,32,38,56H,5-9,11,13,20-21,23-24H2,1-4H3,(H2,48,59)(H,50,60)(H,53,58)(H2,49,52,54,55)/t32-,38+/m0/s1. The number of ether oxygens (including phenoxy) is 1. The summed E-state index contributed by atoms with van der Waals surface area (Å²) in [6.45, 7) is 8.65. The van der Waals surface area contributed by atoms with E-state index in [9.17, 15) is 40.8 Å². The van der Waals surface area contributed by atoms with Crippen molar-refractivity contribution in [2.24, 2.45) is 11.1 Å². The van der Waals surface area contributed by atoms with Gasteiger partial charge >= 0.3 is 6.18 Å². The van der Waals surface area contributed by atoms with Crippen LogP contribution in [0, 0.1) is 12.3 Å². The monoisotopic (exact) mass is 954 g/mol. The Bertz CT molecular complexity index is 2590. The van der Waals surface area contributed by atoms with E-state index in [0.717, 1.165) is 24.1 Å². The van der Waals surface area contributed by atoms with Gasteiger partial charge in [0.25, 0.3) is 5.91 Å². The van der Waals surface area contributed by atoms with Crippen LogP contribution in [0.5, 0.6) is 5.88 Å². The smallest absolute Gasteiger partial charge is 0.404 e. The summed E-state index contributed by atoms with van der Waals surface area (Å²) >= 11 is 1.62. The third-order valence-corrected chi connectivity index (χ3v) is 13.1. The van der Waals surface area contributed by atoms with E-state index >= 15 is 0 Å². The average molecular weight is 955 g/mol. The van der Waals surface area contributed by atoms with Crippen molar-refractivity contribution < 1.29 is 45.5 Å². The minimum atomic E-state index is -4.92. The number of likely N-dealkylation sites (tertiary alicyclic amines) is 1. The summed E-state index contributed by atoms with van der Waals surface area (Å²) in [5.41, 5.74) is 11.0. The molecule has 6 rings (SSSR count). The van der Waals surface area contributed by atoms with E-state index in [1.54, 1.807) is 28.4 Å². The lowest BCUT2D eigenvalue weighted by Gasteiger charge is -2.35. The van der Waals surface area contributed by atoms with Gasteiger partial charge in [0.05, 0.1) is 22.7 Å². The van der Waals surface area contributed by atoms with E-state index in [-0.39, 0.29) is 59.4 Å². The number of halogens is 3. The van der Waals surface area contributed by atoms with Crippen molar-refractivity contribution in [1.29, 1.82) is 0 Å². The molecule has 1 fully saturated rings. The molecule has 1 aromatic carbocycles. The second-order valence-corrected chi connectivity index (χ2v) is 19.7. The summed E-state index contributed by atoms with van der Waals surface area (Å²) < 4.78 is 69.3. The van der Waals surface area contributed by atoms with Crippen LogP contribution < -0.4 is 31.1 Å². The first kappa shape index (κ1) is 49.2. The van der Waals surface area contributed by atoms with Crippen molar-refractivity contribution in [3.8, 4) is 17.1 Å². The van der Waals surface area contributed by atoms with Gasteiger partial charge in [-0.15, -0.1) is 11.3 Å². The maximum absolute atomic E-state index is 14.0. The number of sulfonamides is 1. The van der Waals surface area contributed by atoms with Gasteiger partial charge in [-0.3, -0.25) is 29.0 Å². The number of hydrogen-bond donors (Lipinski definition) is 6. The molecular weight excluding hydrogens is 902 g/mol. The number of aryl methyl sites for hydroxylation is 1. The van der Waals surface area contributed by atoms with E-state index in [4.69, 9.17) is 10.5 Å². The number of amides is 4. The van der Waals surface area contributed by atoms with Crippen LogP contribution in [0.3, 0.4) is 0 Å². The number of unbranched alkanes of at least 4 members (excludes halogenated alkanes) is 1. The highest BCUT2D eigenvalue weighted by Gasteiger charge is 2.42. The summed E-state index contributed by atoms with van der Waals surface area (Å²) in [6.07, 6.45) is 4.64. The van der Waals surface area contributed by atoms with Gasteiger partial charge in [0.15, 0.2) is 5.75 Å². The van der Waals surface area contributed by atoms with Crippen LogP contribution in [-0.4, -0.2) is 101 Å². The molecule has 0 unspecified atom stereocenters. The Morgan fingerprint density at radius 3 is 2.44 bits per heavy atom. The molecule has 1 aliphatic heterocycles. The lowest BCUT2D eigenvalue weighted by Crippen LogP contribution is -2.57. The Balaban J connectivity index is 0.966. The zero-order valence-electron chi connectivity index (χ0n) is 36.9.